The first kappa shape index (κ1) is 9.07. The molecule has 1 N–H and O–H groups in total. The molecule has 70 valence electrons. The van der Waals surface area contributed by atoms with E-state index in [4.69, 9.17) is 0 Å². The van der Waals surface area contributed by atoms with Crippen LogP contribution in [0.3, 0.4) is 0 Å². The molecule has 1 unspecified atom stereocenters. The molecule has 1 aromatic rings. The zero-order valence-corrected chi connectivity index (χ0v) is 9.39. The minimum atomic E-state index is 0.777. The van der Waals surface area contributed by atoms with E-state index in [1.165, 1.54) is 28.6 Å². The molecule has 1 aliphatic heterocycles. The zero-order valence-electron chi connectivity index (χ0n) is 7.81. The van der Waals surface area contributed by atoms with Crippen LogP contribution in [0.1, 0.15) is 18.9 Å². The van der Waals surface area contributed by atoms with E-state index in [2.05, 4.69) is 46.4 Å². The van der Waals surface area contributed by atoms with Gasteiger partial charge in [0.2, 0.25) is 0 Å². The molecule has 1 heterocycles. The molecular weight excluding hydrogens is 226 g/mol. The van der Waals surface area contributed by atoms with Gasteiger partial charge in [0.1, 0.15) is 0 Å². The van der Waals surface area contributed by atoms with Gasteiger partial charge in [-0.15, -0.1) is 0 Å². The number of halogens is 1. The van der Waals surface area contributed by atoms with Gasteiger partial charge in [0.05, 0.1) is 5.69 Å². The summed E-state index contributed by atoms with van der Waals surface area (Å²) in [6, 6.07) is 6.42. The number of aryl methyl sites for hydroxylation is 1. The fraction of sp³-hybridized carbons (Fsp3) is 0.455. The topological polar surface area (TPSA) is 12.0 Å². The third kappa shape index (κ3) is 1.88. The fourth-order valence-corrected chi connectivity index (χ4v) is 2.30. The number of fused-ring (bicyclic) bond motifs is 1. The highest BCUT2D eigenvalue weighted by molar-refractivity contribution is 9.10. The van der Waals surface area contributed by atoms with E-state index < -0.39 is 0 Å². The lowest BCUT2D eigenvalue weighted by atomic mass is 10.0. The van der Waals surface area contributed by atoms with Gasteiger partial charge < -0.3 is 5.32 Å². The first-order valence-corrected chi connectivity index (χ1v) is 5.58. The molecule has 0 fully saturated rings. The Bertz CT molecular complexity index is 309. The van der Waals surface area contributed by atoms with Crippen molar-refractivity contribution in [3.63, 3.8) is 0 Å². The van der Waals surface area contributed by atoms with Crippen molar-refractivity contribution in [2.24, 2.45) is 5.92 Å². The second-order valence-corrected chi connectivity index (χ2v) is 4.65. The highest BCUT2D eigenvalue weighted by Crippen LogP contribution is 2.30. The predicted octanol–water partition coefficient (Wildman–Crippen LogP) is 3.44. The van der Waals surface area contributed by atoms with Crippen LogP contribution in [0.2, 0.25) is 0 Å². The fourth-order valence-electron chi connectivity index (χ4n) is 1.76. The summed E-state index contributed by atoms with van der Waals surface area (Å²) in [6.07, 6.45) is 2.49. The average Bonchev–Trinajstić information content (AvgIpc) is 2.30. The highest BCUT2D eigenvalue weighted by Gasteiger charge is 2.13. The summed E-state index contributed by atoms with van der Waals surface area (Å²) in [7, 11) is 0. The van der Waals surface area contributed by atoms with E-state index in [-0.39, 0.29) is 0 Å². The molecule has 1 atom stereocenters. The standard InChI is InChI=1S/C11H14BrN/c1-8-5-6-9-3-2-4-10(12)11(9)13-7-8/h2-4,8,13H,5-7H2,1H3. The van der Waals surface area contributed by atoms with Crippen LogP contribution in [0.15, 0.2) is 22.7 Å². The molecule has 0 saturated carbocycles. The molecule has 0 saturated heterocycles. The zero-order chi connectivity index (χ0) is 9.26. The van der Waals surface area contributed by atoms with E-state index in [1.807, 2.05) is 0 Å². The summed E-state index contributed by atoms with van der Waals surface area (Å²) in [5, 5.41) is 3.50. The Balaban J connectivity index is 2.35. The molecule has 0 bridgehead atoms. The molecule has 0 spiro atoms. The van der Waals surface area contributed by atoms with Crippen molar-refractivity contribution in [3.8, 4) is 0 Å². The quantitative estimate of drug-likeness (QED) is 0.732. The molecule has 0 radical (unpaired) electrons. The smallest absolute Gasteiger partial charge is 0.0517 e. The van der Waals surface area contributed by atoms with Gasteiger partial charge in [0.15, 0.2) is 0 Å². The Morgan fingerprint density at radius 3 is 3.15 bits per heavy atom. The van der Waals surface area contributed by atoms with E-state index in [9.17, 15) is 0 Å². The molecular formula is C11H14BrN. The Morgan fingerprint density at radius 1 is 1.46 bits per heavy atom. The minimum Gasteiger partial charge on any atom is -0.384 e. The van der Waals surface area contributed by atoms with Crippen LogP contribution >= 0.6 is 15.9 Å². The van der Waals surface area contributed by atoms with Crippen LogP contribution < -0.4 is 5.32 Å². The lowest BCUT2D eigenvalue weighted by Crippen LogP contribution is -2.08. The second kappa shape index (κ2) is 3.70. The minimum absolute atomic E-state index is 0.777. The third-order valence-corrected chi connectivity index (χ3v) is 3.29. The Labute approximate surface area is 87.7 Å². The van der Waals surface area contributed by atoms with Crippen molar-refractivity contribution < 1.29 is 0 Å². The van der Waals surface area contributed by atoms with Gasteiger partial charge in [-0.3, -0.25) is 0 Å². The molecule has 0 amide bonds. The molecule has 13 heavy (non-hydrogen) atoms. The molecule has 2 rings (SSSR count). The number of hydrogen-bond acceptors (Lipinski definition) is 1. The molecule has 2 heteroatoms. The maximum Gasteiger partial charge on any atom is 0.0517 e. The number of anilines is 1. The predicted molar refractivity (Wildman–Crippen MR) is 60.1 cm³/mol. The van der Waals surface area contributed by atoms with Gasteiger partial charge in [-0.2, -0.15) is 0 Å². The number of benzene rings is 1. The van der Waals surface area contributed by atoms with Crippen LogP contribution in [-0.4, -0.2) is 6.54 Å². The molecule has 1 aliphatic rings. The van der Waals surface area contributed by atoms with Crippen molar-refractivity contribution in [2.75, 3.05) is 11.9 Å². The summed E-state index contributed by atoms with van der Waals surface area (Å²) in [5.41, 5.74) is 2.74. The van der Waals surface area contributed by atoms with Crippen LogP contribution in [0.5, 0.6) is 0 Å². The van der Waals surface area contributed by atoms with Gasteiger partial charge in [0, 0.05) is 11.0 Å². The summed E-state index contributed by atoms with van der Waals surface area (Å²) in [6.45, 7) is 3.39. The van der Waals surface area contributed by atoms with Crippen LogP contribution in [0, 0.1) is 5.92 Å². The monoisotopic (exact) mass is 239 g/mol. The lowest BCUT2D eigenvalue weighted by molar-refractivity contribution is 0.571. The normalized spacial score (nSPS) is 21.5. The van der Waals surface area contributed by atoms with Crippen molar-refractivity contribution in [1.29, 1.82) is 0 Å². The van der Waals surface area contributed by atoms with Crippen LogP contribution in [0.25, 0.3) is 0 Å². The largest absolute Gasteiger partial charge is 0.384 e. The lowest BCUT2D eigenvalue weighted by Gasteiger charge is -2.09. The van der Waals surface area contributed by atoms with E-state index >= 15 is 0 Å². The van der Waals surface area contributed by atoms with Crippen molar-refractivity contribution in [3.05, 3.63) is 28.2 Å². The first-order chi connectivity index (χ1) is 6.27. The maximum atomic E-state index is 3.57. The first-order valence-electron chi connectivity index (χ1n) is 4.78. The van der Waals surface area contributed by atoms with Gasteiger partial charge in [-0.25, -0.2) is 0 Å². The summed E-state index contributed by atoms with van der Waals surface area (Å²) in [4.78, 5) is 0. The number of nitrogens with one attached hydrogen (secondary N) is 1. The van der Waals surface area contributed by atoms with E-state index in [1.54, 1.807) is 0 Å². The van der Waals surface area contributed by atoms with Gasteiger partial charge >= 0.3 is 0 Å². The molecule has 0 aromatic heterocycles. The van der Waals surface area contributed by atoms with Gasteiger partial charge in [-0.1, -0.05) is 19.1 Å². The second-order valence-electron chi connectivity index (χ2n) is 3.80. The van der Waals surface area contributed by atoms with E-state index in [0.717, 1.165) is 12.5 Å². The Morgan fingerprint density at radius 2 is 2.31 bits per heavy atom. The summed E-state index contributed by atoms with van der Waals surface area (Å²) < 4.78 is 1.19. The van der Waals surface area contributed by atoms with Crippen molar-refractivity contribution in [1.82, 2.24) is 0 Å². The average molecular weight is 240 g/mol. The number of para-hydroxylation sites is 1. The number of hydrogen-bond donors (Lipinski definition) is 1. The van der Waals surface area contributed by atoms with Gasteiger partial charge in [0.25, 0.3) is 0 Å². The maximum absolute atomic E-state index is 3.57. The van der Waals surface area contributed by atoms with E-state index in [0.29, 0.717) is 0 Å². The highest BCUT2D eigenvalue weighted by atomic mass is 79.9. The summed E-state index contributed by atoms with van der Waals surface area (Å²) in [5.74, 6) is 0.777. The SMILES string of the molecule is CC1CCc2cccc(Br)c2NC1. The number of rotatable bonds is 0. The van der Waals surface area contributed by atoms with Gasteiger partial charge in [-0.05, 0) is 46.3 Å². The molecule has 1 aromatic carbocycles. The summed E-state index contributed by atoms with van der Waals surface area (Å²) >= 11 is 3.57. The third-order valence-electron chi connectivity index (χ3n) is 2.63. The van der Waals surface area contributed by atoms with Crippen LogP contribution in [0.4, 0.5) is 5.69 Å². The van der Waals surface area contributed by atoms with Crippen LogP contribution in [-0.2, 0) is 6.42 Å². The molecule has 1 nitrogen and oxygen atoms in total. The Hall–Kier alpha value is -0.500. The Kier molecular flexibility index (Phi) is 2.58. The van der Waals surface area contributed by atoms with Crippen molar-refractivity contribution in [2.45, 2.75) is 19.8 Å². The van der Waals surface area contributed by atoms with Crippen molar-refractivity contribution >= 4 is 21.6 Å². The molecule has 0 aliphatic carbocycles.